The first-order chi connectivity index (χ1) is 7.52. The lowest BCUT2D eigenvalue weighted by atomic mass is 10.1. The highest BCUT2D eigenvalue weighted by Gasteiger charge is 2.14. The van der Waals surface area contributed by atoms with Crippen molar-refractivity contribution in [2.24, 2.45) is 5.73 Å². The number of rotatable bonds is 5. The van der Waals surface area contributed by atoms with Crippen LogP contribution in [0, 0.1) is 6.92 Å². The molecule has 0 spiro atoms. The van der Waals surface area contributed by atoms with Crippen molar-refractivity contribution in [3.63, 3.8) is 0 Å². The summed E-state index contributed by atoms with van der Waals surface area (Å²) in [4.78, 5) is 15.9. The summed E-state index contributed by atoms with van der Waals surface area (Å²) in [5.41, 5.74) is 6.71. The summed E-state index contributed by atoms with van der Waals surface area (Å²) < 4.78 is 0. The van der Waals surface area contributed by atoms with Crippen molar-refractivity contribution in [3.05, 3.63) is 16.1 Å². The Labute approximate surface area is 100 Å². The lowest BCUT2D eigenvalue weighted by Gasteiger charge is -2.13. The number of hydrogen-bond donors (Lipinski definition) is 2. The van der Waals surface area contributed by atoms with E-state index in [4.69, 9.17) is 5.73 Å². The number of nitrogens with one attached hydrogen (secondary N) is 1. The predicted octanol–water partition coefficient (Wildman–Crippen LogP) is 1.76. The van der Waals surface area contributed by atoms with E-state index in [0.29, 0.717) is 6.42 Å². The van der Waals surface area contributed by atoms with Gasteiger partial charge >= 0.3 is 0 Å². The van der Waals surface area contributed by atoms with Gasteiger partial charge in [0.15, 0.2) is 0 Å². The van der Waals surface area contributed by atoms with E-state index in [1.807, 2.05) is 26.2 Å². The lowest BCUT2D eigenvalue weighted by Crippen LogP contribution is -2.32. The van der Waals surface area contributed by atoms with E-state index in [9.17, 15) is 4.79 Å². The maximum absolute atomic E-state index is 11.6. The van der Waals surface area contributed by atoms with Crippen LogP contribution in [-0.4, -0.2) is 16.9 Å². The summed E-state index contributed by atoms with van der Waals surface area (Å²) in [6, 6.07) is -0.0829. The van der Waals surface area contributed by atoms with E-state index in [1.54, 1.807) is 11.3 Å². The van der Waals surface area contributed by atoms with E-state index in [-0.39, 0.29) is 18.0 Å². The standard InChI is InChI=1S/C11H19N3OS/c1-4-9(12)5-10(15)14-8(3)11-13-7(2)6-16-11/h6,8-9H,4-5,12H2,1-3H3,(H,14,15). The number of aryl methyl sites for hydroxylation is 1. The molecule has 1 rings (SSSR count). The molecule has 0 aliphatic heterocycles. The summed E-state index contributed by atoms with van der Waals surface area (Å²) in [6.45, 7) is 5.86. The average molecular weight is 241 g/mol. The molecule has 0 aliphatic rings. The highest BCUT2D eigenvalue weighted by Crippen LogP contribution is 2.17. The maximum Gasteiger partial charge on any atom is 0.222 e. The number of nitrogens with zero attached hydrogens (tertiary/aromatic N) is 1. The van der Waals surface area contributed by atoms with Crippen LogP contribution in [0.15, 0.2) is 5.38 Å². The zero-order valence-corrected chi connectivity index (χ0v) is 10.8. The highest BCUT2D eigenvalue weighted by molar-refractivity contribution is 7.09. The Hall–Kier alpha value is -0.940. The van der Waals surface area contributed by atoms with Crippen LogP contribution >= 0.6 is 11.3 Å². The van der Waals surface area contributed by atoms with E-state index in [0.717, 1.165) is 17.1 Å². The molecule has 90 valence electrons. The van der Waals surface area contributed by atoms with Crippen molar-refractivity contribution >= 4 is 17.2 Å². The number of amides is 1. The van der Waals surface area contributed by atoms with Gasteiger partial charge in [-0.1, -0.05) is 6.92 Å². The van der Waals surface area contributed by atoms with Gasteiger partial charge in [-0.3, -0.25) is 4.79 Å². The smallest absolute Gasteiger partial charge is 0.222 e. The van der Waals surface area contributed by atoms with Gasteiger partial charge in [0.2, 0.25) is 5.91 Å². The van der Waals surface area contributed by atoms with Gasteiger partial charge in [-0.25, -0.2) is 4.98 Å². The van der Waals surface area contributed by atoms with Crippen molar-refractivity contribution in [1.82, 2.24) is 10.3 Å². The van der Waals surface area contributed by atoms with Crippen LogP contribution in [-0.2, 0) is 4.79 Å². The molecule has 3 N–H and O–H groups in total. The van der Waals surface area contributed by atoms with Gasteiger partial charge in [0.05, 0.1) is 6.04 Å². The molecule has 0 saturated carbocycles. The van der Waals surface area contributed by atoms with Gasteiger partial charge in [-0.2, -0.15) is 0 Å². The lowest BCUT2D eigenvalue weighted by molar-refractivity contribution is -0.122. The van der Waals surface area contributed by atoms with Crippen LogP contribution in [0.4, 0.5) is 0 Å². The van der Waals surface area contributed by atoms with Crippen LogP contribution in [0.5, 0.6) is 0 Å². The van der Waals surface area contributed by atoms with E-state index in [2.05, 4.69) is 10.3 Å². The monoisotopic (exact) mass is 241 g/mol. The zero-order chi connectivity index (χ0) is 12.1. The molecule has 5 heteroatoms. The Kier molecular flexibility index (Phi) is 4.89. The number of hydrogen-bond acceptors (Lipinski definition) is 4. The van der Waals surface area contributed by atoms with Crippen molar-refractivity contribution in [2.75, 3.05) is 0 Å². The van der Waals surface area contributed by atoms with Gasteiger partial charge in [0, 0.05) is 23.5 Å². The van der Waals surface area contributed by atoms with Crippen molar-refractivity contribution < 1.29 is 4.79 Å². The van der Waals surface area contributed by atoms with Gasteiger partial charge in [-0.05, 0) is 20.3 Å². The van der Waals surface area contributed by atoms with Gasteiger partial charge in [-0.15, -0.1) is 11.3 Å². The first-order valence-corrected chi connectivity index (χ1v) is 6.37. The Bertz CT molecular complexity index is 351. The summed E-state index contributed by atoms with van der Waals surface area (Å²) >= 11 is 1.57. The molecule has 0 saturated heterocycles. The molecule has 1 aromatic heterocycles. The minimum atomic E-state index is -0.0507. The number of aromatic nitrogens is 1. The van der Waals surface area contributed by atoms with Crippen molar-refractivity contribution in [1.29, 1.82) is 0 Å². The molecule has 0 fully saturated rings. The molecule has 0 radical (unpaired) electrons. The molecule has 2 unspecified atom stereocenters. The second-order valence-corrected chi connectivity index (χ2v) is 4.88. The SMILES string of the molecule is CCC(N)CC(=O)NC(C)c1nc(C)cs1. The zero-order valence-electron chi connectivity index (χ0n) is 9.99. The third-order valence-electron chi connectivity index (χ3n) is 2.36. The molecule has 1 amide bonds. The van der Waals surface area contributed by atoms with Gasteiger partial charge in [0.1, 0.15) is 5.01 Å². The van der Waals surface area contributed by atoms with E-state index < -0.39 is 0 Å². The number of nitrogens with two attached hydrogens (primary N) is 1. The second-order valence-electron chi connectivity index (χ2n) is 3.99. The average Bonchev–Trinajstić information content (AvgIpc) is 2.64. The fourth-order valence-electron chi connectivity index (χ4n) is 1.32. The Morgan fingerprint density at radius 1 is 1.69 bits per heavy atom. The molecule has 2 atom stereocenters. The molecular formula is C11H19N3OS. The van der Waals surface area contributed by atoms with Gasteiger partial charge in [0.25, 0.3) is 0 Å². The molecule has 0 aromatic carbocycles. The number of carbonyl (C=O) groups is 1. The first-order valence-electron chi connectivity index (χ1n) is 5.50. The Morgan fingerprint density at radius 3 is 2.88 bits per heavy atom. The Balaban J connectivity index is 2.45. The maximum atomic E-state index is 11.6. The van der Waals surface area contributed by atoms with Crippen LogP contribution in [0.1, 0.15) is 43.4 Å². The van der Waals surface area contributed by atoms with Crippen LogP contribution in [0.2, 0.25) is 0 Å². The fourth-order valence-corrected chi connectivity index (χ4v) is 2.12. The summed E-state index contributed by atoms with van der Waals surface area (Å²) in [6.07, 6.45) is 1.20. The van der Waals surface area contributed by atoms with Gasteiger partial charge < -0.3 is 11.1 Å². The summed E-state index contributed by atoms with van der Waals surface area (Å²) in [5.74, 6) is -0.00490. The molecule has 4 nitrogen and oxygen atoms in total. The molecule has 1 aromatic rings. The number of carbonyl (C=O) groups excluding carboxylic acids is 1. The van der Waals surface area contributed by atoms with Crippen LogP contribution in [0.3, 0.4) is 0 Å². The van der Waals surface area contributed by atoms with E-state index in [1.165, 1.54) is 0 Å². The van der Waals surface area contributed by atoms with Crippen molar-refractivity contribution in [3.8, 4) is 0 Å². The highest BCUT2D eigenvalue weighted by atomic mass is 32.1. The van der Waals surface area contributed by atoms with Crippen molar-refractivity contribution in [2.45, 2.75) is 45.7 Å². The third kappa shape index (κ3) is 3.90. The third-order valence-corrected chi connectivity index (χ3v) is 3.50. The molecule has 16 heavy (non-hydrogen) atoms. The summed E-state index contributed by atoms with van der Waals surface area (Å²) in [7, 11) is 0. The topological polar surface area (TPSA) is 68.0 Å². The largest absolute Gasteiger partial charge is 0.347 e. The second kappa shape index (κ2) is 5.96. The molecule has 1 heterocycles. The molecule has 0 bridgehead atoms. The normalized spacial score (nSPS) is 14.5. The summed E-state index contributed by atoms with van der Waals surface area (Å²) in [5, 5.41) is 5.83. The van der Waals surface area contributed by atoms with E-state index >= 15 is 0 Å². The number of thiazole rings is 1. The fraction of sp³-hybridized carbons (Fsp3) is 0.636. The molecule has 0 aliphatic carbocycles. The minimum Gasteiger partial charge on any atom is -0.347 e. The Morgan fingerprint density at radius 2 is 2.38 bits per heavy atom. The van der Waals surface area contributed by atoms with Crippen LogP contribution in [0.25, 0.3) is 0 Å². The molecular weight excluding hydrogens is 222 g/mol. The first kappa shape index (κ1) is 13.1. The minimum absolute atomic E-state index is 0.00490. The van der Waals surface area contributed by atoms with Crippen LogP contribution < -0.4 is 11.1 Å². The quantitative estimate of drug-likeness (QED) is 0.825. The predicted molar refractivity (Wildman–Crippen MR) is 66.3 cm³/mol.